The van der Waals surface area contributed by atoms with E-state index >= 15 is 0 Å². The Morgan fingerprint density at radius 1 is 1.50 bits per heavy atom. The number of allylic oxidation sites excluding steroid dienone is 1. The Labute approximate surface area is 69.2 Å². The average molecular weight is 174 g/mol. The number of carbonyl (C=O) groups is 2. The van der Waals surface area contributed by atoms with Crippen molar-refractivity contribution < 1.29 is 24.8 Å². The number of carbonyl (C=O) groups excluding carboxylic acids is 1. The lowest BCUT2D eigenvalue weighted by molar-refractivity contribution is -0.229. The van der Waals surface area contributed by atoms with Crippen LogP contribution < -0.4 is 0 Å². The van der Waals surface area contributed by atoms with Gasteiger partial charge in [-0.15, -0.1) is 0 Å². The van der Waals surface area contributed by atoms with E-state index in [1.807, 2.05) is 6.92 Å². The van der Waals surface area contributed by atoms with Crippen molar-refractivity contribution in [2.24, 2.45) is 0 Å². The summed E-state index contributed by atoms with van der Waals surface area (Å²) in [5, 5.41) is 16.3. The maximum absolute atomic E-state index is 10.5. The molecular formula is C7H10O5. The van der Waals surface area contributed by atoms with Crippen LogP contribution >= 0.6 is 0 Å². The lowest BCUT2D eigenvalue weighted by Crippen LogP contribution is -2.13. The van der Waals surface area contributed by atoms with Crippen LogP contribution in [0.25, 0.3) is 0 Å². The summed E-state index contributed by atoms with van der Waals surface area (Å²) in [6.45, 7) is 1.83. The number of carboxylic acids is 1. The number of unbranched alkanes of at least 4 members (excludes halogenated alkanes) is 1. The largest absolute Gasteiger partial charge is 0.477 e. The highest BCUT2D eigenvalue weighted by atomic mass is 17.1. The highest BCUT2D eigenvalue weighted by molar-refractivity contribution is 6.12. The standard InChI is InChI=1S/C7H10O5/c1-2-3-4-5(6(8)9)7(10)12-11/h4,11H,2-3H2,1H3,(H,8,9). The Kier molecular flexibility index (Phi) is 4.71. The fourth-order valence-electron chi connectivity index (χ4n) is 0.596. The molecule has 5 heteroatoms. The molecule has 5 nitrogen and oxygen atoms in total. The molecule has 0 fully saturated rings. The van der Waals surface area contributed by atoms with Crippen molar-refractivity contribution in [2.75, 3.05) is 0 Å². The minimum absolute atomic E-state index is 0.455. The third-order valence-corrected chi connectivity index (χ3v) is 1.17. The van der Waals surface area contributed by atoms with Crippen LogP contribution in [-0.2, 0) is 14.5 Å². The lowest BCUT2D eigenvalue weighted by Gasteiger charge is -1.96. The summed E-state index contributed by atoms with van der Waals surface area (Å²) in [5.74, 6) is -2.64. The number of hydrogen-bond acceptors (Lipinski definition) is 4. The van der Waals surface area contributed by atoms with E-state index < -0.39 is 17.5 Å². The zero-order valence-electron chi connectivity index (χ0n) is 6.61. The maximum Gasteiger partial charge on any atom is 0.379 e. The van der Waals surface area contributed by atoms with Crippen LogP contribution in [0, 0.1) is 0 Å². The second-order valence-electron chi connectivity index (χ2n) is 2.09. The molecule has 0 aromatic rings. The van der Waals surface area contributed by atoms with Crippen molar-refractivity contribution >= 4 is 11.9 Å². The first kappa shape index (κ1) is 10.6. The van der Waals surface area contributed by atoms with Crippen LogP contribution in [0.15, 0.2) is 11.6 Å². The molecule has 0 aliphatic rings. The third kappa shape index (κ3) is 3.16. The first-order valence-corrected chi connectivity index (χ1v) is 3.42. The number of aliphatic carboxylic acids is 1. The van der Waals surface area contributed by atoms with Crippen LogP contribution in [0.4, 0.5) is 0 Å². The van der Waals surface area contributed by atoms with Crippen LogP contribution in [0.2, 0.25) is 0 Å². The predicted molar refractivity (Wildman–Crippen MR) is 39.3 cm³/mol. The maximum atomic E-state index is 10.5. The zero-order chi connectivity index (χ0) is 9.56. The monoisotopic (exact) mass is 174 g/mol. The van der Waals surface area contributed by atoms with Crippen LogP contribution in [0.3, 0.4) is 0 Å². The van der Waals surface area contributed by atoms with Crippen LogP contribution in [-0.4, -0.2) is 22.3 Å². The Balaban J connectivity index is 4.43. The summed E-state index contributed by atoms with van der Waals surface area (Å²) in [7, 11) is 0. The van der Waals surface area contributed by atoms with Crippen molar-refractivity contribution in [1.29, 1.82) is 0 Å². The molecule has 0 aliphatic heterocycles. The highest BCUT2D eigenvalue weighted by Crippen LogP contribution is 2.01. The van der Waals surface area contributed by atoms with E-state index in [0.29, 0.717) is 6.42 Å². The molecule has 0 saturated carbocycles. The molecule has 0 bridgehead atoms. The molecule has 2 N–H and O–H groups in total. The summed E-state index contributed by atoms with van der Waals surface area (Å²) < 4.78 is 0. The van der Waals surface area contributed by atoms with Crippen LogP contribution in [0.1, 0.15) is 19.8 Å². The molecule has 0 aromatic carbocycles. The average Bonchev–Trinajstić information content (AvgIpc) is 2.04. The van der Waals surface area contributed by atoms with Gasteiger partial charge in [0.05, 0.1) is 0 Å². The van der Waals surface area contributed by atoms with Gasteiger partial charge in [-0.1, -0.05) is 19.4 Å². The highest BCUT2D eigenvalue weighted by Gasteiger charge is 2.17. The molecule has 12 heavy (non-hydrogen) atoms. The third-order valence-electron chi connectivity index (χ3n) is 1.17. The number of hydrogen-bond donors (Lipinski definition) is 2. The lowest BCUT2D eigenvalue weighted by atomic mass is 10.2. The van der Waals surface area contributed by atoms with Gasteiger partial charge < -0.3 is 5.11 Å². The molecule has 0 saturated heterocycles. The van der Waals surface area contributed by atoms with Gasteiger partial charge in [0.1, 0.15) is 5.57 Å². The minimum Gasteiger partial charge on any atom is -0.477 e. The van der Waals surface area contributed by atoms with Gasteiger partial charge in [-0.05, 0) is 6.42 Å². The first-order chi connectivity index (χ1) is 5.63. The molecule has 0 atom stereocenters. The quantitative estimate of drug-likeness (QED) is 0.216. The van der Waals surface area contributed by atoms with Gasteiger partial charge in [-0.2, -0.15) is 5.26 Å². The van der Waals surface area contributed by atoms with Gasteiger partial charge in [-0.3, -0.25) is 4.89 Å². The van der Waals surface area contributed by atoms with Gasteiger partial charge >= 0.3 is 11.9 Å². The number of rotatable bonds is 4. The van der Waals surface area contributed by atoms with Gasteiger partial charge in [0, 0.05) is 0 Å². The summed E-state index contributed by atoms with van der Waals surface area (Å²) in [6, 6.07) is 0. The molecule has 0 aromatic heterocycles. The summed E-state index contributed by atoms with van der Waals surface area (Å²) in [5.41, 5.74) is -0.542. The van der Waals surface area contributed by atoms with E-state index in [2.05, 4.69) is 4.89 Å². The molecule has 0 unspecified atom stereocenters. The van der Waals surface area contributed by atoms with Crippen molar-refractivity contribution in [3.05, 3.63) is 11.6 Å². The normalized spacial score (nSPS) is 11.0. The van der Waals surface area contributed by atoms with Crippen LogP contribution in [0.5, 0.6) is 0 Å². The zero-order valence-corrected chi connectivity index (χ0v) is 6.61. The van der Waals surface area contributed by atoms with Gasteiger partial charge in [-0.25, -0.2) is 9.59 Å². The second-order valence-corrected chi connectivity index (χ2v) is 2.09. The fraction of sp³-hybridized carbons (Fsp3) is 0.429. The molecule has 0 rings (SSSR count). The Bertz CT molecular complexity index is 206. The van der Waals surface area contributed by atoms with Gasteiger partial charge in [0.2, 0.25) is 0 Å². The predicted octanol–water partition coefficient (Wildman–Crippen LogP) is 0.814. The van der Waals surface area contributed by atoms with E-state index in [1.165, 1.54) is 6.08 Å². The molecule has 0 aliphatic carbocycles. The molecule has 68 valence electrons. The summed E-state index contributed by atoms with van der Waals surface area (Å²) in [4.78, 5) is 24.1. The molecule has 0 heterocycles. The summed E-state index contributed by atoms with van der Waals surface area (Å²) >= 11 is 0. The molecule has 0 spiro atoms. The van der Waals surface area contributed by atoms with E-state index in [0.717, 1.165) is 6.42 Å². The molecule has 0 amide bonds. The minimum atomic E-state index is -1.40. The smallest absolute Gasteiger partial charge is 0.379 e. The van der Waals surface area contributed by atoms with Crippen molar-refractivity contribution in [2.45, 2.75) is 19.8 Å². The summed E-state index contributed by atoms with van der Waals surface area (Å²) in [6.07, 6.45) is 2.38. The van der Waals surface area contributed by atoms with Crippen molar-refractivity contribution in [1.82, 2.24) is 0 Å². The van der Waals surface area contributed by atoms with E-state index in [4.69, 9.17) is 10.4 Å². The van der Waals surface area contributed by atoms with Crippen molar-refractivity contribution in [3.63, 3.8) is 0 Å². The molecular weight excluding hydrogens is 164 g/mol. The Hall–Kier alpha value is -1.36. The van der Waals surface area contributed by atoms with Gasteiger partial charge in [0.25, 0.3) is 0 Å². The van der Waals surface area contributed by atoms with E-state index in [9.17, 15) is 9.59 Å². The Morgan fingerprint density at radius 2 is 2.08 bits per heavy atom. The fourth-order valence-corrected chi connectivity index (χ4v) is 0.596. The Morgan fingerprint density at radius 3 is 2.42 bits per heavy atom. The second kappa shape index (κ2) is 5.31. The SMILES string of the molecule is CCCC=C(C(=O)O)C(=O)OO. The first-order valence-electron chi connectivity index (χ1n) is 3.42. The van der Waals surface area contributed by atoms with E-state index in [1.54, 1.807) is 0 Å². The topological polar surface area (TPSA) is 83.8 Å². The van der Waals surface area contributed by atoms with E-state index in [-0.39, 0.29) is 0 Å². The number of carboxylic acid groups (broad SMARTS) is 1. The van der Waals surface area contributed by atoms with Crippen molar-refractivity contribution in [3.8, 4) is 0 Å². The van der Waals surface area contributed by atoms with Gasteiger partial charge in [0.15, 0.2) is 0 Å². The molecule has 0 radical (unpaired) electrons.